The minimum Gasteiger partial charge on any atom is -0.326 e. The highest BCUT2D eigenvalue weighted by Crippen LogP contribution is 2.41. The quantitative estimate of drug-likeness (QED) is 0.884. The Morgan fingerprint density at radius 1 is 1.04 bits per heavy atom. The Hall–Kier alpha value is -2.18. The van der Waals surface area contributed by atoms with Crippen molar-refractivity contribution in [1.82, 2.24) is 4.72 Å². The average molecular weight is 330 g/mol. The standard InChI is InChI=1S/C17H18N2O3S/c1-12(20)18-14-7-9-15(10-8-14)23(21,22)19-17-11-16(17)13-5-3-2-4-6-13/h2-10,16-17,19H,11H2,1H3,(H,18,20)/t16-,17+/m0/s1. The molecule has 1 aliphatic carbocycles. The van der Waals surface area contributed by atoms with Crippen LogP contribution in [-0.2, 0) is 14.8 Å². The van der Waals surface area contributed by atoms with Crippen LogP contribution in [0.4, 0.5) is 5.69 Å². The summed E-state index contributed by atoms with van der Waals surface area (Å²) < 4.78 is 27.5. The SMILES string of the molecule is CC(=O)Nc1ccc(S(=O)(=O)N[C@@H]2C[C@H]2c2ccccc2)cc1. The second-order valence-electron chi connectivity index (χ2n) is 5.69. The molecule has 0 spiro atoms. The lowest BCUT2D eigenvalue weighted by molar-refractivity contribution is -0.114. The van der Waals surface area contributed by atoms with Crippen LogP contribution in [0, 0.1) is 0 Å². The number of amides is 1. The first-order valence-electron chi connectivity index (χ1n) is 7.40. The molecule has 0 saturated heterocycles. The molecular weight excluding hydrogens is 312 g/mol. The van der Waals surface area contributed by atoms with Crippen LogP contribution in [0.3, 0.4) is 0 Å². The molecular formula is C17H18N2O3S. The molecule has 2 N–H and O–H groups in total. The van der Waals surface area contributed by atoms with Crippen molar-refractivity contribution in [3.8, 4) is 0 Å². The van der Waals surface area contributed by atoms with Gasteiger partial charge in [0.2, 0.25) is 15.9 Å². The molecule has 2 aromatic carbocycles. The van der Waals surface area contributed by atoms with Crippen molar-refractivity contribution in [2.75, 3.05) is 5.32 Å². The minimum atomic E-state index is -3.55. The molecule has 3 rings (SSSR count). The van der Waals surface area contributed by atoms with Gasteiger partial charge < -0.3 is 5.32 Å². The fraction of sp³-hybridized carbons (Fsp3) is 0.235. The molecule has 5 nitrogen and oxygen atoms in total. The second kappa shape index (κ2) is 6.14. The summed E-state index contributed by atoms with van der Waals surface area (Å²) in [6.45, 7) is 1.41. The zero-order valence-corrected chi connectivity index (χ0v) is 13.5. The summed E-state index contributed by atoms with van der Waals surface area (Å²) in [6.07, 6.45) is 0.813. The van der Waals surface area contributed by atoms with Gasteiger partial charge in [-0.05, 0) is 36.2 Å². The van der Waals surface area contributed by atoms with E-state index in [9.17, 15) is 13.2 Å². The fourth-order valence-electron chi connectivity index (χ4n) is 2.58. The molecule has 2 aromatic rings. The topological polar surface area (TPSA) is 75.3 Å². The molecule has 1 fully saturated rings. The van der Waals surface area contributed by atoms with Gasteiger partial charge >= 0.3 is 0 Å². The third-order valence-electron chi connectivity index (χ3n) is 3.81. The summed E-state index contributed by atoms with van der Waals surface area (Å²) in [5.41, 5.74) is 1.73. The predicted octanol–water partition coefficient (Wildman–Crippen LogP) is 2.48. The minimum absolute atomic E-state index is 0.0579. The number of sulfonamides is 1. The van der Waals surface area contributed by atoms with Crippen LogP contribution in [-0.4, -0.2) is 20.4 Å². The van der Waals surface area contributed by atoms with Gasteiger partial charge in [0.1, 0.15) is 0 Å². The number of hydrogen-bond donors (Lipinski definition) is 2. The van der Waals surface area contributed by atoms with Crippen molar-refractivity contribution >= 4 is 21.6 Å². The van der Waals surface area contributed by atoms with E-state index < -0.39 is 10.0 Å². The third kappa shape index (κ3) is 3.78. The van der Waals surface area contributed by atoms with Crippen LogP contribution in [0.1, 0.15) is 24.8 Å². The van der Waals surface area contributed by atoms with Gasteiger partial charge in [-0.15, -0.1) is 0 Å². The van der Waals surface area contributed by atoms with Crippen molar-refractivity contribution in [2.45, 2.75) is 30.2 Å². The van der Waals surface area contributed by atoms with Crippen molar-refractivity contribution in [2.24, 2.45) is 0 Å². The summed E-state index contributed by atoms with van der Waals surface area (Å²) >= 11 is 0. The van der Waals surface area contributed by atoms with E-state index in [0.717, 1.165) is 12.0 Å². The lowest BCUT2D eigenvalue weighted by atomic mass is 10.1. The largest absolute Gasteiger partial charge is 0.326 e. The number of rotatable bonds is 5. The van der Waals surface area contributed by atoms with Gasteiger partial charge in [0.25, 0.3) is 0 Å². The smallest absolute Gasteiger partial charge is 0.240 e. The highest BCUT2D eigenvalue weighted by atomic mass is 32.2. The highest BCUT2D eigenvalue weighted by Gasteiger charge is 2.41. The maximum absolute atomic E-state index is 12.4. The highest BCUT2D eigenvalue weighted by molar-refractivity contribution is 7.89. The Kier molecular flexibility index (Phi) is 4.19. The molecule has 1 saturated carbocycles. The molecule has 23 heavy (non-hydrogen) atoms. The third-order valence-corrected chi connectivity index (χ3v) is 5.32. The molecule has 0 unspecified atom stereocenters. The molecule has 0 heterocycles. The van der Waals surface area contributed by atoms with E-state index in [4.69, 9.17) is 0 Å². The normalized spacial score (nSPS) is 20.0. The molecule has 0 aromatic heterocycles. The van der Waals surface area contributed by atoms with Crippen molar-refractivity contribution in [3.63, 3.8) is 0 Å². The average Bonchev–Trinajstić information content (AvgIpc) is 3.26. The van der Waals surface area contributed by atoms with Gasteiger partial charge in [-0.25, -0.2) is 13.1 Å². The molecule has 1 amide bonds. The maximum atomic E-state index is 12.4. The summed E-state index contributed by atoms with van der Waals surface area (Å²) in [5.74, 6) is 0.0482. The van der Waals surface area contributed by atoms with Crippen LogP contribution < -0.4 is 10.0 Å². The van der Waals surface area contributed by atoms with E-state index in [2.05, 4.69) is 10.0 Å². The van der Waals surface area contributed by atoms with Crippen molar-refractivity contribution in [1.29, 1.82) is 0 Å². The number of anilines is 1. The Morgan fingerprint density at radius 2 is 1.70 bits per heavy atom. The maximum Gasteiger partial charge on any atom is 0.240 e. The Morgan fingerprint density at radius 3 is 2.30 bits per heavy atom. The van der Waals surface area contributed by atoms with E-state index >= 15 is 0 Å². The fourth-order valence-corrected chi connectivity index (χ4v) is 3.87. The number of carbonyl (C=O) groups excluding carboxylic acids is 1. The number of nitrogens with one attached hydrogen (secondary N) is 2. The van der Waals surface area contributed by atoms with Gasteiger partial charge in [-0.3, -0.25) is 4.79 Å². The molecule has 120 valence electrons. The van der Waals surface area contributed by atoms with Crippen molar-refractivity contribution < 1.29 is 13.2 Å². The van der Waals surface area contributed by atoms with Crippen molar-refractivity contribution in [3.05, 3.63) is 60.2 Å². The van der Waals surface area contributed by atoms with E-state index in [1.54, 1.807) is 12.1 Å². The summed E-state index contributed by atoms with van der Waals surface area (Å²) in [7, 11) is -3.55. The molecule has 6 heteroatoms. The van der Waals surface area contributed by atoms with Gasteiger partial charge in [0, 0.05) is 24.6 Å². The van der Waals surface area contributed by atoms with E-state index in [0.29, 0.717) is 5.69 Å². The second-order valence-corrected chi connectivity index (χ2v) is 7.40. The summed E-state index contributed by atoms with van der Waals surface area (Å²) in [6, 6.07) is 16.0. The van der Waals surface area contributed by atoms with Crippen LogP contribution in [0.25, 0.3) is 0 Å². The Balaban J connectivity index is 1.67. The molecule has 2 atom stereocenters. The first-order valence-corrected chi connectivity index (χ1v) is 8.89. The number of hydrogen-bond acceptors (Lipinski definition) is 3. The monoisotopic (exact) mass is 330 g/mol. The lowest BCUT2D eigenvalue weighted by Crippen LogP contribution is -2.26. The first-order chi connectivity index (χ1) is 11.0. The molecule has 0 bridgehead atoms. The van der Waals surface area contributed by atoms with Crippen LogP contribution >= 0.6 is 0 Å². The predicted molar refractivity (Wildman–Crippen MR) is 88.7 cm³/mol. The van der Waals surface area contributed by atoms with Gasteiger partial charge in [-0.1, -0.05) is 30.3 Å². The number of benzene rings is 2. The number of carbonyl (C=O) groups is 1. The van der Waals surface area contributed by atoms with Crippen LogP contribution in [0.2, 0.25) is 0 Å². The molecule has 0 aliphatic heterocycles. The van der Waals surface area contributed by atoms with Gasteiger partial charge in [0.05, 0.1) is 4.90 Å². The van der Waals surface area contributed by atoms with Crippen LogP contribution in [0.5, 0.6) is 0 Å². The lowest BCUT2D eigenvalue weighted by Gasteiger charge is -2.08. The van der Waals surface area contributed by atoms with E-state index in [1.165, 1.54) is 19.1 Å². The molecule has 0 radical (unpaired) electrons. The van der Waals surface area contributed by atoms with Crippen LogP contribution in [0.15, 0.2) is 59.5 Å². The summed E-state index contributed by atoms with van der Waals surface area (Å²) in [5, 5.41) is 2.61. The first kappa shape index (κ1) is 15.7. The van der Waals surface area contributed by atoms with Gasteiger partial charge in [0.15, 0.2) is 0 Å². The molecule has 1 aliphatic rings. The Bertz CT molecular complexity index is 801. The van der Waals surface area contributed by atoms with E-state index in [1.807, 2.05) is 30.3 Å². The zero-order chi connectivity index (χ0) is 16.4. The summed E-state index contributed by atoms with van der Waals surface area (Å²) in [4.78, 5) is 11.2. The Labute approximate surface area is 135 Å². The zero-order valence-electron chi connectivity index (χ0n) is 12.7. The van der Waals surface area contributed by atoms with E-state index in [-0.39, 0.29) is 22.8 Å². The van der Waals surface area contributed by atoms with Gasteiger partial charge in [-0.2, -0.15) is 0 Å².